The molecule has 0 aliphatic carbocycles. The molecule has 0 aliphatic rings. The second-order valence-corrected chi connectivity index (χ2v) is 2.67. The number of halogens is 1. The zero-order valence-electron chi connectivity index (χ0n) is 6.19. The number of aromatic hydroxyl groups is 3. The topological polar surface area (TPSA) is 87.0 Å². The number of rotatable bonds is 1. The predicted molar refractivity (Wildman–Crippen MR) is 50.9 cm³/mol. The van der Waals surface area contributed by atoms with E-state index in [-0.39, 0.29) is 5.56 Å². The molecular formula is C7H5IO5. The van der Waals surface area contributed by atoms with Crippen molar-refractivity contribution < 1.29 is 23.2 Å². The van der Waals surface area contributed by atoms with Gasteiger partial charge >= 0.3 is 5.97 Å². The third-order valence-electron chi connectivity index (χ3n) is 1.38. The maximum absolute atomic E-state index is 10.9. The van der Waals surface area contributed by atoms with Crippen molar-refractivity contribution in [2.45, 2.75) is 0 Å². The van der Waals surface area contributed by atoms with Crippen LogP contribution in [0.5, 0.6) is 17.2 Å². The lowest BCUT2D eigenvalue weighted by Gasteiger charge is -2.02. The Morgan fingerprint density at radius 1 is 1.23 bits per heavy atom. The van der Waals surface area contributed by atoms with E-state index in [1.165, 1.54) is 23.0 Å². The van der Waals surface area contributed by atoms with Crippen LogP contribution in [0.1, 0.15) is 10.4 Å². The van der Waals surface area contributed by atoms with Crippen molar-refractivity contribution in [1.29, 1.82) is 0 Å². The summed E-state index contributed by atoms with van der Waals surface area (Å²) in [5.74, 6) is -2.52. The minimum atomic E-state index is -0.716. The second kappa shape index (κ2) is 3.69. The van der Waals surface area contributed by atoms with Gasteiger partial charge in [-0.1, -0.05) is 0 Å². The molecule has 6 heteroatoms. The van der Waals surface area contributed by atoms with Crippen LogP contribution < -0.4 is 0 Å². The molecular weight excluding hydrogens is 291 g/mol. The molecule has 0 unspecified atom stereocenters. The number of benzene rings is 1. The average molecular weight is 296 g/mol. The molecule has 0 saturated carbocycles. The third kappa shape index (κ3) is 1.94. The highest BCUT2D eigenvalue weighted by molar-refractivity contribution is 14.1. The van der Waals surface area contributed by atoms with Gasteiger partial charge < -0.3 is 18.4 Å². The van der Waals surface area contributed by atoms with E-state index in [1.54, 1.807) is 0 Å². The highest BCUT2D eigenvalue weighted by atomic mass is 127. The van der Waals surface area contributed by atoms with E-state index in [2.05, 4.69) is 3.07 Å². The first-order valence-electron chi connectivity index (χ1n) is 3.14. The van der Waals surface area contributed by atoms with Crippen LogP contribution in [0.15, 0.2) is 12.1 Å². The summed E-state index contributed by atoms with van der Waals surface area (Å²) in [5, 5.41) is 26.9. The lowest BCUT2D eigenvalue weighted by molar-refractivity contribution is 0.0799. The van der Waals surface area contributed by atoms with Gasteiger partial charge in [0, 0.05) is 0 Å². The fourth-order valence-electron chi connectivity index (χ4n) is 0.767. The van der Waals surface area contributed by atoms with Crippen LogP contribution in [0.25, 0.3) is 0 Å². The summed E-state index contributed by atoms with van der Waals surface area (Å²) in [4.78, 5) is 10.9. The van der Waals surface area contributed by atoms with E-state index in [0.717, 1.165) is 12.1 Å². The minimum Gasteiger partial charge on any atom is -0.504 e. The molecule has 0 aliphatic heterocycles. The van der Waals surface area contributed by atoms with E-state index in [4.69, 9.17) is 15.3 Å². The number of carbonyl (C=O) groups excluding carboxylic acids is 1. The van der Waals surface area contributed by atoms with Gasteiger partial charge in [0.2, 0.25) is 0 Å². The van der Waals surface area contributed by atoms with E-state index < -0.39 is 23.2 Å². The van der Waals surface area contributed by atoms with Crippen LogP contribution >= 0.6 is 23.0 Å². The van der Waals surface area contributed by atoms with Crippen LogP contribution in [0.4, 0.5) is 0 Å². The molecule has 1 aromatic carbocycles. The summed E-state index contributed by atoms with van der Waals surface area (Å²) in [6.07, 6.45) is 0. The van der Waals surface area contributed by atoms with Crippen molar-refractivity contribution in [1.82, 2.24) is 0 Å². The Morgan fingerprint density at radius 2 is 1.69 bits per heavy atom. The average Bonchev–Trinajstić information content (AvgIpc) is 2.12. The Hall–Kier alpha value is -1.18. The minimum absolute atomic E-state index is 0.0396. The molecule has 0 spiro atoms. The van der Waals surface area contributed by atoms with Crippen molar-refractivity contribution in [2.75, 3.05) is 0 Å². The fraction of sp³-hybridized carbons (Fsp3) is 0. The van der Waals surface area contributed by atoms with E-state index >= 15 is 0 Å². The summed E-state index contributed by atoms with van der Waals surface area (Å²) in [7, 11) is 0. The molecule has 0 saturated heterocycles. The second-order valence-electron chi connectivity index (χ2n) is 2.23. The summed E-state index contributed by atoms with van der Waals surface area (Å²) >= 11 is 1.37. The van der Waals surface area contributed by atoms with Crippen molar-refractivity contribution in [3.8, 4) is 17.2 Å². The van der Waals surface area contributed by atoms with Crippen molar-refractivity contribution in [3.05, 3.63) is 17.7 Å². The lowest BCUT2D eigenvalue weighted by Crippen LogP contribution is -1.96. The first-order valence-corrected chi connectivity index (χ1v) is 4.02. The van der Waals surface area contributed by atoms with E-state index in [1.807, 2.05) is 0 Å². The molecule has 1 aromatic rings. The van der Waals surface area contributed by atoms with Crippen LogP contribution in [-0.4, -0.2) is 21.3 Å². The smallest absolute Gasteiger partial charge is 0.347 e. The Labute approximate surface area is 87.3 Å². The number of phenolic OH excluding ortho intramolecular Hbond substituents is 3. The zero-order valence-corrected chi connectivity index (χ0v) is 8.35. The Morgan fingerprint density at radius 3 is 2.08 bits per heavy atom. The van der Waals surface area contributed by atoms with Gasteiger partial charge in [-0.15, -0.1) is 0 Å². The van der Waals surface area contributed by atoms with Crippen LogP contribution in [0.3, 0.4) is 0 Å². The number of carbonyl (C=O) groups is 1. The predicted octanol–water partition coefficient (Wildman–Crippen LogP) is 1.31. The van der Waals surface area contributed by atoms with E-state index in [9.17, 15) is 4.79 Å². The lowest BCUT2D eigenvalue weighted by atomic mass is 10.2. The van der Waals surface area contributed by atoms with Gasteiger partial charge in [-0.05, 0) is 12.1 Å². The van der Waals surface area contributed by atoms with Gasteiger partial charge in [-0.3, -0.25) is 0 Å². The Bertz CT molecular complexity index is 326. The number of hydrogen-bond acceptors (Lipinski definition) is 5. The van der Waals surface area contributed by atoms with Crippen LogP contribution in [0, 0.1) is 0 Å². The number of phenols is 3. The highest BCUT2D eigenvalue weighted by Gasteiger charge is 2.13. The standard InChI is InChI=1S/C7H5IO5/c8-13-7(12)3-1-4(9)6(11)5(10)2-3/h1-2,9-11H. The largest absolute Gasteiger partial charge is 0.504 e. The van der Waals surface area contributed by atoms with Gasteiger partial charge in [0.15, 0.2) is 40.3 Å². The monoisotopic (exact) mass is 296 g/mol. The third-order valence-corrected chi connectivity index (χ3v) is 1.78. The Balaban J connectivity index is 3.20. The molecule has 0 aromatic heterocycles. The van der Waals surface area contributed by atoms with Crippen LogP contribution in [0.2, 0.25) is 0 Å². The normalized spacial score (nSPS) is 9.62. The van der Waals surface area contributed by atoms with Crippen molar-refractivity contribution >= 4 is 29.0 Å². The molecule has 0 radical (unpaired) electrons. The molecule has 0 amide bonds. The summed E-state index contributed by atoms with van der Waals surface area (Å²) in [5.41, 5.74) is -0.0396. The summed E-state index contributed by atoms with van der Waals surface area (Å²) < 4.78 is 4.31. The Kier molecular flexibility index (Phi) is 2.81. The zero-order chi connectivity index (χ0) is 10.0. The molecule has 0 atom stereocenters. The number of hydrogen-bond donors (Lipinski definition) is 3. The molecule has 70 valence electrons. The molecule has 13 heavy (non-hydrogen) atoms. The quantitative estimate of drug-likeness (QED) is 0.537. The first kappa shape index (κ1) is 9.90. The molecule has 5 nitrogen and oxygen atoms in total. The van der Waals surface area contributed by atoms with Gasteiger partial charge in [0.1, 0.15) is 0 Å². The molecule has 1 rings (SSSR count). The molecule has 0 fully saturated rings. The van der Waals surface area contributed by atoms with Gasteiger partial charge in [-0.25, -0.2) is 4.79 Å². The van der Waals surface area contributed by atoms with Crippen molar-refractivity contribution in [2.24, 2.45) is 0 Å². The highest BCUT2D eigenvalue weighted by Crippen LogP contribution is 2.35. The maximum Gasteiger partial charge on any atom is 0.347 e. The molecule has 0 heterocycles. The van der Waals surface area contributed by atoms with Crippen molar-refractivity contribution in [3.63, 3.8) is 0 Å². The summed E-state index contributed by atoms with van der Waals surface area (Å²) in [6.45, 7) is 0. The van der Waals surface area contributed by atoms with Crippen LogP contribution in [-0.2, 0) is 3.07 Å². The molecule has 0 bridgehead atoms. The maximum atomic E-state index is 10.9. The van der Waals surface area contributed by atoms with Gasteiger partial charge in [-0.2, -0.15) is 0 Å². The summed E-state index contributed by atoms with van der Waals surface area (Å²) in [6, 6.07) is 1.99. The van der Waals surface area contributed by atoms with Gasteiger partial charge in [0.05, 0.1) is 5.56 Å². The molecule has 3 N–H and O–H groups in total. The SMILES string of the molecule is O=C(OI)c1cc(O)c(O)c(O)c1. The van der Waals surface area contributed by atoms with E-state index in [0.29, 0.717) is 0 Å². The fourth-order valence-corrected chi connectivity index (χ4v) is 1.02. The first-order chi connectivity index (χ1) is 6.06. The van der Waals surface area contributed by atoms with Gasteiger partial charge in [0.25, 0.3) is 0 Å².